The summed E-state index contributed by atoms with van der Waals surface area (Å²) in [5.41, 5.74) is 1.35. The number of benzene rings is 2. The Morgan fingerprint density at radius 1 is 0.735 bits per heavy atom. The lowest BCUT2D eigenvalue weighted by Crippen LogP contribution is -2.53. The third-order valence-electron chi connectivity index (χ3n) is 7.80. The van der Waals surface area contributed by atoms with Gasteiger partial charge in [0.2, 0.25) is 5.91 Å². The van der Waals surface area contributed by atoms with E-state index in [1.807, 2.05) is 70.5 Å². The van der Waals surface area contributed by atoms with E-state index in [1.165, 1.54) is 6.42 Å². The first-order valence-electron chi connectivity index (χ1n) is 12.6. The summed E-state index contributed by atoms with van der Waals surface area (Å²) in [7, 11) is 0. The molecule has 3 aliphatic rings. The molecule has 0 radical (unpaired) electrons. The van der Waals surface area contributed by atoms with Crippen molar-refractivity contribution in [3.8, 4) is 0 Å². The Labute approximate surface area is 201 Å². The highest BCUT2D eigenvalue weighted by atomic mass is 16.2. The molecule has 3 atom stereocenters. The lowest BCUT2D eigenvalue weighted by molar-refractivity contribution is -0.126. The molecule has 0 aromatic heterocycles. The normalized spacial score (nSPS) is 25.0. The number of carbonyl (C=O) groups is 3. The van der Waals surface area contributed by atoms with Gasteiger partial charge in [-0.05, 0) is 62.3 Å². The van der Waals surface area contributed by atoms with Crippen LogP contribution >= 0.6 is 0 Å². The van der Waals surface area contributed by atoms with Crippen molar-refractivity contribution in [3.05, 3.63) is 71.8 Å². The molecule has 2 heterocycles. The van der Waals surface area contributed by atoms with Crippen LogP contribution in [-0.4, -0.2) is 58.7 Å². The number of fused-ring (bicyclic) bond motifs is 1. The van der Waals surface area contributed by atoms with Gasteiger partial charge in [0, 0.05) is 36.3 Å². The van der Waals surface area contributed by atoms with Crippen LogP contribution in [0.25, 0.3) is 0 Å². The summed E-state index contributed by atoms with van der Waals surface area (Å²) in [6.45, 7) is 1.25. The highest BCUT2D eigenvalue weighted by molar-refractivity contribution is 5.98. The Morgan fingerprint density at radius 3 is 1.97 bits per heavy atom. The van der Waals surface area contributed by atoms with E-state index in [0.29, 0.717) is 30.1 Å². The Hall–Kier alpha value is -3.15. The summed E-state index contributed by atoms with van der Waals surface area (Å²) in [6, 6.07) is 18.5. The van der Waals surface area contributed by atoms with E-state index >= 15 is 0 Å². The van der Waals surface area contributed by atoms with Crippen LogP contribution in [0.3, 0.4) is 0 Å². The smallest absolute Gasteiger partial charge is 0.254 e. The fraction of sp³-hybridized carbons (Fsp3) is 0.464. The molecule has 1 saturated carbocycles. The maximum atomic E-state index is 13.5. The molecule has 5 rings (SSSR count). The van der Waals surface area contributed by atoms with Crippen molar-refractivity contribution in [2.24, 2.45) is 5.92 Å². The quantitative estimate of drug-likeness (QED) is 0.754. The van der Waals surface area contributed by atoms with E-state index in [1.54, 1.807) is 0 Å². The molecule has 3 fully saturated rings. The van der Waals surface area contributed by atoms with Crippen molar-refractivity contribution < 1.29 is 14.4 Å². The molecule has 3 amide bonds. The zero-order valence-electron chi connectivity index (χ0n) is 19.6. The molecular formula is C28H33N3O3. The molecule has 178 valence electrons. The van der Waals surface area contributed by atoms with Gasteiger partial charge in [-0.25, -0.2) is 0 Å². The number of hydrogen-bond donors (Lipinski definition) is 1. The molecule has 6 nitrogen and oxygen atoms in total. The van der Waals surface area contributed by atoms with Crippen LogP contribution in [0.1, 0.15) is 65.7 Å². The first-order chi connectivity index (χ1) is 16.6. The fourth-order valence-electron chi connectivity index (χ4n) is 6.00. The van der Waals surface area contributed by atoms with Gasteiger partial charge in [0.15, 0.2) is 0 Å². The van der Waals surface area contributed by atoms with Gasteiger partial charge in [-0.2, -0.15) is 0 Å². The number of piperidine rings is 1. The number of nitrogens with zero attached hydrogens (tertiary/aromatic N) is 2. The van der Waals surface area contributed by atoms with Crippen molar-refractivity contribution in [2.45, 2.75) is 63.1 Å². The average Bonchev–Trinajstić information content (AvgIpc) is 3.29. The van der Waals surface area contributed by atoms with E-state index in [2.05, 4.69) is 5.32 Å². The SMILES string of the molecule is O=C(NC1CCN(C(=O)c2ccccc2)CC1)C1CC2CCCCC2N1C(=O)c1ccccc1. The largest absolute Gasteiger partial charge is 0.351 e. The van der Waals surface area contributed by atoms with Crippen molar-refractivity contribution in [1.29, 1.82) is 0 Å². The summed E-state index contributed by atoms with van der Waals surface area (Å²) >= 11 is 0. The first-order valence-corrected chi connectivity index (χ1v) is 12.6. The molecule has 1 aliphatic carbocycles. The lowest BCUT2D eigenvalue weighted by atomic mass is 9.84. The number of likely N-dealkylation sites (tertiary alicyclic amines) is 2. The number of rotatable bonds is 4. The summed E-state index contributed by atoms with van der Waals surface area (Å²) < 4.78 is 0. The van der Waals surface area contributed by atoms with Gasteiger partial charge >= 0.3 is 0 Å². The molecule has 34 heavy (non-hydrogen) atoms. The minimum atomic E-state index is -0.412. The zero-order valence-corrected chi connectivity index (χ0v) is 19.6. The van der Waals surface area contributed by atoms with E-state index in [0.717, 1.165) is 38.5 Å². The van der Waals surface area contributed by atoms with Crippen molar-refractivity contribution in [1.82, 2.24) is 15.1 Å². The summed E-state index contributed by atoms with van der Waals surface area (Å²) in [5.74, 6) is 0.386. The minimum absolute atomic E-state index is 0.0292. The lowest BCUT2D eigenvalue weighted by Gasteiger charge is -2.35. The third-order valence-corrected chi connectivity index (χ3v) is 7.80. The molecule has 2 aliphatic heterocycles. The zero-order chi connectivity index (χ0) is 23.5. The van der Waals surface area contributed by atoms with Crippen molar-refractivity contribution in [3.63, 3.8) is 0 Å². The Bertz CT molecular complexity index is 1020. The van der Waals surface area contributed by atoms with Crippen molar-refractivity contribution >= 4 is 17.7 Å². The minimum Gasteiger partial charge on any atom is -0.351 e. The highest BCUT2D eigenvalue weighted by Gasteiger charge is 2.47. The van der Waals surface area contributed by atoms with E-state index < -0.39 is 6.04 Å². The van der Waals surface area contributed by atoms with Gasteiger partial charge in [0.1, 0.15) is 6.04 Å². The fourth-order valence-corrected chi connectivity index (χ4v) is 6.00. The van der Waals surface area contributed by atoms with Crippen LogP contribution in [0.2, 0.25) is 0 Å². The maximum Gasteiger partial charge on any atom is 0.254 e. The third kappa shape index (κ3) is 4.59. The Morgan fingerprint density at radius 2 is 1.32 bits per heavy atom. The van der Waals surface area contributed by atoms with Crippen LogP contribution < -0.4 is 5.32 Å². The molecule has 2 aromatic rings. The average molecular weight is 460 g/mol. The van der Waals surface area contributed by atoms with Gasteiger partial charge in [-0.3, -0.25) is 14.4 Å². The maximum absolute atomic E-state index is 13.5. The predicted molar refractivity (Wildman–Crippen MR) is 130 cm³/mol. The van der Waals surface area contributed by atoms with E-state index in [4.69, 9.17) is 0 Å². The molecule has 6 heteroatoms. The van der Waals surface area contributed by atoms with Crippen molar-refractivity contribution in [2.75, 3.05) is 13.1 Å². The molecule has 2 aromatic carbocycles. The van der Waals surface area contributed by atoms with Gasteiger partial charge in [0.05, 0.1) is 0 Å². The van der Waals surface area contributed by atoms with E-state index in [-0.39, 0.29) is 29.8 Å². The number of amides is 3. The number of nitrogens with one attached hydrogen (secondary N) is 1. The van der Waals surface area contributed by atoms with Crippen LogP contribution in [0.5, 0.6) is 0 Å². The molecule has 1 N–H and O–H groups in total. The number of carbonyl (C=O) groups excluding carboxylic acids is 3. The first kappa shape index (κ1) is 22.6. The Kier molecular flexibility index (Phi) is 6.66. The number of hydrogen-bond acceptors (Lipinski definition) is 3. The van der Waals surface area contributed by atoms with Gasteiger partial charge in [-0.15, -0.1) is 0 Å². The van der Waals surface area contributed by atoms with Crippen LogP contribution in [0.15, 0.2) is 60.7 Å². The predicted octanol–water partition coefficient (Wildman–Crippen LogP) is 3.88. The van der Waals surface area contributed by atoms with Gasteiger partial charge < -0.3 is 15.1 Å². The molecule has 2 saturated heterocycles. The summed E-state index contributed by atoms with van der Waals surface area (Å²) in [6.07, 6.45) is 6.58. The summed E-state index contributed by atoms with van der Waals surface area (Å²) in [4.78, 5) is 43.4. The van der Waals surface area contributed by atoms with Gasteiger partial charge in [-0.1, -0.05) is 49.2 Å². The molecular weight excluding hydrogens is 426 g/mol. The molecule has 0 spiro atoms. The summed E-state index contributed by atoms with van der Waals surface area (Å²) in [5, 5.41) is 3.24. The van der Waals surface area contributed by atoms with Crippen LogP contribution in [-0.2, 0) is 4.79 Å². The second kappa shape index (κ2) is 10.00. The van der Waals surface area contributed by atoms with Crippen LogP contribution in [0, 0.1) is 5.92 Å². The van der Waals surface area contributed by atoms with Gasteiger partial charge in [0.25, 0.3) is 11.8 Å². The second-order valence-corrected chi connectivity index (χ2v) is 9.88. The monoisotopic (exact) mass is 459 g/mol. The van der Waals surface area contributed by atoms with E-state index in [9.17, 15) is 14.4 Å². The Balaban J connectivity index is 1.23. The molecule has 3 unspecified atom stereocenters. The molecule has 0 bridgehead atoms. The topological polar surface area (TPSA) is 69.7 Å². The second-order valence-electron chi connectivity index (χ2n) is 9.88. The standard InChI is InChI=1S/C28H33N3O3/c32-26(29-23-15-17-30(18-16-23)27(33)20-9-3-1-4-10-20)25-19-22-13-7-8-14-24(22)31(25)28(34)21-11-5-2-6-12-21/h1-6,9-12,22-25H,7-8,13-19H2,(H,29,32). The highest BCUT2D eigenvalue weighted by Crippen LogP contribution is 2.40. The van der Waals surface area contributed by atoms with Crippen LogP contribution in [0.4, 0.5) is 0 Å².